The molecule has 0 bridgehead atoms. The quantitative estimate of drug-likeness (QED) is 0.186. The molecule has 0 heterocycles. The third kappa shape index (κ3) is 7.87. The number of allylic oxidation sites excluding steroid dienone is 1. The van der Waals surface area contributed by atoms with Crippen molar-refractivity contribution in [2.24, 2.45) is 11.8 Å². The molecule has 216 valence electrons. The first-order valence-corrected chi connectivity index (χ1v) is 13.8. The van der Waals surface area contributed by atoms with Gasteiger partial charge in [-0.05, 0) is 95.2 Å². The molecule has 1 fully saturated rings. The van der Waals surface area contributed by atoms with E-state index in [4.69, 9.17) is 18.9 Å². The van der Waals surface area contributed by atoms with E-state index < -0.39 is 35.5 Å². The molecule has 40 heavy (non-hydrogen) atoms. The summed E-state index contributed by atoms with van der Waals surface area (Å²) in [5.74, 6) is -2.46. The second-order valence-corrected chi connectivity index (χ2v) is 10.7. The monoisotopic (exact) mass is 551 g/mol. The Morgan fingerprint density at radius 3 is 2.08 bits per heavy atom. The van der Waals surface area contributed by atoms with E-state index in [0.29, 0.717) is 17.9 Å². The van der Waals surface area contributed by atoms with E-state index in [1.807, 2.05) is 51.1 Å². The van der Waals surface area contributed by atoms with Crippen molar-refractivity contribution in [3.05, 3.63) is 71.9 Å². The minimum absolute atomic E-state index is 0.146. The SMILES string of the molecule is CCOC(=O)C(C(=O)OCC)[C@@H](c1ccccc1)[C@@H]1CCC/C1=C/N(C(=O)OC(C)(C)C)c1ccc(OC)cc1. The van der Waals surface area contributed by atoms with Gasteiger partial charge in [-0.1, -0.05) is 30.3 Å². The topological polar surface area (TPSA) is 91.4 Å². The van der Waals surface area contributed by atoms with Gasteiger partial charge in [-0.3, -0.25) is 14.5 Å². The molecule has 8 heteroatoms. The fourth-order valence-corrected chi connectivity index (χ4v) is 5.11. The standard InChI is InChI=1S/C32H41NO7/c1-7-38-29(34)28(30(35)39-8-2)27(22-13-10-9-11-14-22)26-16-12-15-23(26)21-33(31(36)40-32(3,4)5)24-17-19-25(37-6)20-18-24/h9-11,13-14,17-21,26-28H,7-8,12,15-16H2,1-6H3/b23-21-/t26-,27+/m1/s1. The van der Waals surface area contributed by atoms with Gasteiger partial charge in [0.05, 0.1) is 26.0 Å². The summed E-state index contributed by atoms with van der Waals surface area (Å²) in [6.07, 6.45) is 3.53. The molecule has 2 atom stereocenters. The molecule has 1 aliphatic rings. The van der Waals surface area contributed by atoms with Crippen LogP contribution in [0.15, 0.2) is 66.4 Å². The summed E-state index contributed by atoms with van der Waals surface area (Å²) in [6.45, 7) is 9.17. The Balaban J connectivity index is 2.13. The van der Waals surface area contributed by atoms with Gasteiger partial charge in [-0.25, -0.2) is 4.79 Å². The van der Waals surface area contributed by atoms with Crippen molar-refractivity contribution in [2.45, 2.75) is 65.4 Å². The normalized spacial score (nSPS) is 16.9. The number of hydrogen-bond donors (Lipinski definition) is 0. The minimum Gasteiger partial charge on any atom is -0.497 e. The van der Waals surface area contributed by atoms with Gasteiger partial charge in [0.15, 0.2) is 5.92 Å². The molecule has 8 nitrogen and oxygen atoms in total. The van der Waals surface area contributed by atoms with Gasteiger partial charge in [-0.15, -0.1) is 0 Å². The van der Waals surface area contributed by atoms with E-state index in [2.05, 4.69) is 0 Å². The van der Waals surface area contributed by atoms with Gasteiger partial charge in [0.25, 0.3) is 0 Å². The Kier molecular flexibility index (Phi) is 10.8. The maximum Gasteiger partial charge on any atom is 0.418 e. The summed E-state index contributed by atoms with van der Waals surface area (Å²) in [5.41, 5.74) is 1.67. The summed E-state index contributed by atoms with van der Waals surface area (Å²) in [7, 11) is 1.58. The van der Waals surface area contributed by atoms with Crippen LogP contribution in [0.5, 0.6) is 5.75 Å². The lowest BCUT2D eigenvalue weighted by molar-refractivity contribution is -0.163. The van der Waals surface area contributed by atoms with Crippen molar-refractivity contribution < 1.29 is 33.3 Å². The molecular weight excluding hydrogens is 510 g/mol. The highest BCUT2D eigenvalue weighted by atomic mass is 16.6. The van der Waals surface area contributed by atoms with Crippen molar-refractivity contribution in [2.75, 3.05) is 25.2 Å². The highest BCUT2D eigenvalue weighted by Gasteiger charge is 2.45. The number of anilines is 1. The molecular formula is C32H41NO7. The van der Waals surface area contributed by atoms with Crippen LogP contribution < -0.4 is 9.64 Å². The predicted octanol–water partition coefficient (Wildman–Crippen LogP) is 6.65. The Bertz CT molecular complexity index is 1150. The van der Waals surface area contributed by atoms with E-state index >= 15 is 0 Å². The summed E-state index contributed by atoms with van der Waals surface area (Å²) >= 11 is 0. The number of methoxy groups -OCH3 is 1. The summed E-state index contributed by atoms with van der Waals surface area (Å²) in [5, 5.41) is 0. The average Bonchev–Trinajstić information content (AvgIpc) is 3.37. The van der Waals surface area contributed by atoms with Crippen LogP contribution in [-0.2, 0) is 23.8 Å². The number of amides is 1. The number of carbonyl (C=O) groups excluding carboxylic acids is 3. The maximum absolute atomic E-state index is 13.4. The molecule has 0 N–H and O–H groups in total. The summed E-state index contributed by atoms with van der Waals surface area (Å²) in [4.78, 5) is 41.5. The van der Waals surface area contributed by atoms with Crippen molar-refractivity contribution in [3.63, 3.8) is 0 Å². The van der Waals surface area contributed by atoms with Crippen molar-refractivity contribution in [3.8, 4) is 5.75 Å². The van der Waals surface area contributed by atoms with Gasteiger partial charge in [0, 0.05) is 12.1 Å². The predicted molar refractivity (Wildman–Crippen MR) is 153 cm³/mol. The lowest BCUT2D eigenvalue weighted by Crippen LogP contribution is -2.37. The molecule has 0 aromatic heterocycles. The zero-order valence-corrected chi connectivity index (χ0v) is 24.3. The van der Waals surface area contributed by atoms with Crippen LogP contribution in [0.3, 0.4) is 0 Å². The molecule has 1 saturated carbocycles. The largest absolute Gasteiger partial charge is 0.497 e. The molecule has 0 spiro atoms. The molecule has 1 aliphatic carbocycles. The molecule has 0 radical (unpaired) electrons. The Morgan fingerprint density at radius 1 is 0.950 bits per heavy atom. The van der Waals surface area contributed by atoms with Crippen LogP contribution in [0.4, 0.5) is 10.5 Å². The molecule has 0 unspecified atom stereocenters. The van der Waals surface area contributed by atoms with E-state index in [1.54, 1.807) is 51.4 Å². The lowest BCUT2D eigenvalue weighted by atomic mass is 9.74. The maximum atomic E-state index is 13.4. The third-order valence-electron chi connectivity index (χ3n) is 6.75. The van der Waals surface area contributed by atoms with E-state index in [9.17, 15) is 14.4 Å². The number of esters is 2. The molecule has 2 aromatic rings. The summed E-state index contributed by atoms with van der Waals surface area (Å²) in [6, 6.07) is 16.6. The number of hydrogen-bond acceptors (Lipinski definition) is 7. The van der Waals surface area contributed by atoms with Crippen molar-refractivity contribution in [1.29, 1.82) is 0 Å². The highest BCUT2D eigenvalue weighted by Crippen LogP contribution is 2.46. The van der Waals surface area contributed by atoms with Crippen LogP contribution in [0.2, 0.25) is 0 Å². The average molecular weight is 552 g/mol. The zero-order chi connectivity index (χ0) is 29.3. The van der Waals surface area contributed by atoms with Gasteiger partial charge in [-0.2, -0.15) is 0 Å². The fourth-order valence-electron chi connectivity index (χ4n) is 5.11. The highest BCUT2D eigenvalue weighted by molar-refractivity contribution is 5.96. The van der Waals surface area contributed by atoms with Gasteiger partial charge in [0.2, 0.25) is 0 Å². The molecule has 3 rings (SSSR count). The number of rotatable bonds is 10. The van der Waals surface area contributed by atoms with Crippen LogP contribution in [0.1, 0.15) is 65.4 Å². The fraction of sp³-hybridized carbons (Fsp3) is 0.469. The number of benzene rings is 2. The van der Waals surface area contributed by atoms with Crippen LogP contribution >= 0.6 is 0 Å². The number of carbonyl (C=O) groups is 3. The summed E-state index contributed by atoms with van der Waals surface area (Å²) < 4.78 is 21.8. The molecule has 0 saturated heterocycles. The first-order valence-electron chi connectivity index (χ1n) is 13.8. The number of nitrogens with zero attached hydrogens (tertiary/aromatic N) is 1. The Labute approximate surface area is 237 Å². The smallest absolute Gasteiger partial charge is 0.418 e. The molecule has 2 aromatic carbocycles. The van der Waals surface area contributed by atoms with Gasteiger partial charge in [0.1, 0.15) is 11.4 Å². The van der Waals surface area contributed by atoms with Crippen LogP contribution in [0, 0.1) is 11.8 Å². The van der Waals surface area contributed by atoms with Crippen LogP contribution in [-0.4, -0.2) is 44.0 Å². The number of ether oxygens (including phenoxy) is 4. The lowest BCUT2D eigenvalue weighted by Gasteiger charge is -2.31. The van der Waals surface area contributed by atoms with Gasteiger partial charge >= 0.3 is 18.0 Å². The molecule has 1 amide bonds. The molecule has 0 aliphatic heterocycles. The third-order valence-corrected chi connectivity index (χ3v) is 6.75. The van der Waals surface area contributed by atoms with Crippen molar-refractivity contribution >= 4 is 23.7 Å². The van der Waals surface area contributed by atoms with Crippen LogP contribution in [0.25, 0.3) is 0 Å². The van der Waals surface area contributed by atoms with Crippen molar-refractivity contribution in [1.82, 2.24) is 0 Å². The first kappa shape index (κ1) is 30.7. The second-order valence-electron chi connectivity index (χ2n) is 10.7. The first-order chi connectivity index (χ1) is 19.1. The Hall–Kier alpha value is -3.81. The van der Waals surface area contributed by atoms with E-state index in [0.717, 1.165) is 24.0 Å². The van der Waals surface area contributed by atoms with E-state index in [-0.39, 0.29) is 19.1 Å². The second kappa shape index (κ2) is 14.0. The van der Waals surface area contributed by atoms with E-state index in [1.165, 1.54) is 4.90 Å². The van der Waals surface area contributed by atoms with Gasteiger partial charge < -0.3 is 18.9 Å². The minimum atomic E-state index is -1.15. The zero-order valence-electron chi connectivity index (χ0n) is 24.3. The Morgan fingerprint density at radius 2 is 1.55 bits per heavy atom.